The van der Waals surface area contributed by atoms with Gasteiger partial charge in [0.2, 0.25) is 0 Å². The maximum atomic E-state index is 7.47. The van der Waals surface area contributed by atoms with Gasteiger partial charge in [-0.25, -0.2) is 0 Å². The number of hydrogen-bond donors (Lipinski definition) is 0. The molecular weight excluding hydrogens is 752 g/mol. The van der Waals surface area contributed by atoms with E-state index in [1.54, 1.807) is 0 Å². The molecule has 9 heteroatoms. The molecule has 0 aliphatic carbocycles. The number of benzene rings is 9. The van der Waals surface area contributed by atoms with Crippen molar-refractivity contribution in [3.63, 3.8) is 0 Å². The molecule has 14 radical (unpaired) electrons. The van der Waals surface area contributed by atoms with Crippen molar-refractivity contribution in [1.82, 2.24) is 9.13 Å². The highest BCUT2D eigenvalue weighted by Crippen LogP contribution is 2.42. The molecule has 0 atom stereocenters. The average molecular weight is 782 g/mol. The lowest BCUT2D eigenvalue weighted by atomic mass is 9.64. The highest BCUT2D eigenvalue weighted by atomic mass is 15.0. The lowest BCUT2D eigenvalue weighted by Crippen LogP contribution is -2.48. The van der Waals surface area contributed by atoms with Crippen LogP contribution in [0.5, 0.6) is 0 Å². The summed E-state index contributed by atoms with van der Waals surface area (Å²) in [6.07, 6.45) is 0. The Labute approximate surface area is 375 Å². The van der Waals surface area contributed by atoms with Crippen molar-refractivity contribution in [2.75, 3.05) is 0 Å². The fourth-order valence-electron chi connectivity index (χ4n) is 9.65. The Balaban J connectivity index is 1.25. The lowest BCUT2D eigenvalue weighted by molar-refractivity contribution is 1.18. The summed E-state index contributed by atoms with van der Waals surface area (Å²) in [5.74, 6) is 0. The van der Waals surface area contributed by atoms with Gasteiger partial charge in [-0.05, 0) is 69.1 Å². The Bertz CT molecular complexity index is 3630. The second-order valence-corrected chi connectivity index (χ2v) is 16.0. The maximum absolute atomic E-state index is 7.47. The Morgan fingerprint density at radius 1 is 0.286 bits per heavy atom. The second-order valence-electron chi connectivity index (χ2n) is 16.0. The summed E-state index contributed by atoms with van der Waals surface area (Å²) in [5.41, 5.74) is 14.6. The van der Waals surface area contributed by atoms with Gasteiger partial charge in [0.05, 0.1) is 22.4 Å². The summed E-state index contributed by atoms with van der Waals surface area (Å²) in [7, 11) is 49.1. The van der Waals surface area contributed by atoms with E-state index in [9.17, 15) is 0 Å². The number of fused-ring (bicyclic) bond motifs is 6. The predicted octanol–water partition coefficient (Wildman–Crippen LogP) is 6.11. The minimum Gasteiger partial charge on any atom is -0.310 e. The molecule has 0 fully saturated rings. The van der Waals surface area contributed by atoms with E-state index >= 15 is 0 Å². The highest BCUT2D eigenvalue weighted by Gasteiger charge is 2.26. The fourth-order valence-corrected chi connectivity index (χ4v) is 9.65. The zero-order chi connectivity index (χ0) is 43.1. The van der Waals surface area contributed by atoms with Gasteiger partial charge in [0.1, 0.15) is 54.9 Å². The molecule has 2 heterocycles. The van der Waals surface area contributed by atoms with E-state index in [1.807, 2.05) is 59.2 Å². The van der Waals surface area contributed by atoms with Crippen molar-refractivity contribution >= 4 is 137 Å². The van der Waals surface area contributed by atoms with Gasteiger partial charge < -0.3 is 9.13 Å². The van der Waals surface area contributed by atoms with Crippen LogP contribution in [-0.4, -0.2) is 64.1 Å². The largest absolute Gasteiger partial charge is 0.310 e. The molecule has 0 saturated heterocycles. The van der Waals surface area contributed by atoms with Gasteiger partial charge in [0, 0.05) is 38.3 Å². The summed E-state index contributed by atoms with van der Waals surface area (Å²) in [5, 5.41) is 3.23. The summed E-state index contributed by atoms with van der Waals surface area (Å²) in [6.45, 7) is 0. The topological polar surface area (TPSA) is 9.86 Å². The normalized spacial score (nSPS) is 11.6. The second kappa shape index (κ2) is 15.1. The van der Waals surface area contributed by atoms with Gasteiger partial charge in [0.25, 0.3) is 0 Å². The first-order valence-electron chi connectivity index (χ1n) is 20.7. The zero-order valence-electron chi connectivity index (χ0n) is 34.2. The van der Waals surface area contributed by atoms with E-state index in [0.717, 1.165) is 72.1 Å². The minimum absolute atomic E-state index is 0.171. The van der Waals surface area contributed by atoms with Crippen molar-refractivity contribution in [3.8, 4) is 55.9 Å². The number of aromatic nitrogens is 2. The molecule has 276 valence electrons. The number of nitrogens with zero attached hydrogens (tertiary/aromatic N) is 2. The van der Waals surface area contributed by atoms with E-state index in [1.165, 1.54) is 0 Å². The third-order valence-corrected chi connectivity index (χ3v) is 12.5. The average Bonchev–Trinajstić information content (AvgIpc) is 3.87. The molecule has 0 unspecified atom stereocenters. The van der Waals surface area contributed by atoms with Gasteiger partial charge in [-0.3, -0.25) is 0 Å². The molecule has 11 aromatic rings. The summed E-state index contributed by atoms with van der Waals surface area (Å²) >= 11 is 0. The van der Waals surface area contributed by atoms with Crippen LogP contribution in [0.1, 0.15) is 0 Å². The Morgan fingerprint density at radius 2 is 0.746 bits per heavy atom. The molecule has 11 rings (SSSR count). The SMILES string of the molecule is [B]c1c([B])c([B])c2c(c1[B])c1c([B])c(-c3ccc4c(c3)c3c(-c5ccccc5)cccc3n4-c3ccccc3-c3ccccc3)c([B])c([B])c1n2-c1ccccc1-c1ccccc1. The van der Waals surface area contributed by atoms with Crippen LogP contribution in [0.2, 0.25) is 0 Å². The maximum Gasteiger partial charge on any atom is 0.115 e. The van der Waals surface area contributed by atoms with Gasteiger partial charge in [-0.2, -0.15) is 0 Å². The van der Waals surface area contributed by atoms with E-state index < -0.39 is 0 Å². The van der Waals surface area contributed by atoms with Crippen molar-refractivity contribution in [3.05, 3.63) is 176 Å². The molecular formula is C54H29B7N2. The first-order chi connectivity index (χ1) is 30.7. The van der Waals surface area contributed by atoms with Crippen molar-refractivity contribution in [1.29, 1.82) is 0 Å². The predicted molar refractivity (Wildman–Crippen MR) is 275 cm³/mol. The van der Waals surface area contributed by atoms with Crippen LogP contribution in [0.3, 0.4) is 0 Å². The van der Waals surface area contributed by atoms with E-state index in [-0.39, 0.29) is 21.9 Å². The smallest absolute Gasteiger partial charge is 0.115 e. The molecule has 0 aliphatic rings. The summed E-state index contributed by atoms with van der Waals surface area (Å²) < 4.78 is 4.33. The monoisotopic (exact) mass is 782 g/mol. The fraction of sp³-hybridized carbons (Fsp3) is 0. The van der Waals surface area contributed by atoms with Crippen LogP contribution < -0.4 is 38.2 Å². The van der Waals surface area contributed by atoms with E-state index in [0.29, 0.717) is 43.8 Å². The third kappa shape index (κ3) is 5.90. The van der Waals surface area contributed by atoms with Crippen LogP contribution in [-0.2, 0) is 0 Å². The van der Waals surface area contributed by atoms with Crippen LogP contribution >= 0.6 is 0 Å². The molecule has 2 aromatic heterocycles. The van der Waals surface area contributed by atoms with Gasteiger partial charge in [0.15, 0.2) is 0 Å². The number of hydrogen-bond acceptors (Lipinski definition) is 0. The van der Waals surface area contributed by atoms with Crippen LogP contribution in [0.15, 0.2) is 176 Å². The van der Waals surface area contributed by atoms with Gasteiger partial charge >= 0.3 is 0 Å². The third-order valence-electron chi connectivity index (χ3n) is 12.5. The summed E-state index contributed by atoms with van der Waals surface area (Å²) in [4.78, 5) is 0. The molecule has 0 saturated carbocycles. The Kier molecular flexibility index (Phi) is 9.35. The molecule has 0 N–H and O–H groups in total. The van der Waals surface area contributed by atoms with E-state index in [2.05, 4.69) is 126 Å². The zero-order valence-corrected chi connectivity index (χ0v) is 34.2. The van der Waals surface area contributed by atoms with Crippen molar-refractivity contribution in [2.45, 2.75) is 0 Å². The molecule has 2 nitrogen and oxygen atoms in total. The minimum atomic E-state index is 0.171. The first-order valence-corrected chi connectivity index (χ1v) is 20.7. The molecule has 63 heavy (non-hydrogen) atoms. The van der Waals surface area contributed by atoms with Crippen molar-refractivity contribution < 1.29 is 0 Å². The van der Waals surface area contributed by atoms with E-state index in [4.69, 9.17) is 54.9 Å². The lowest BCUT2D eigenvalue weighted by Gasteiger charge is -2.21. The Morgan fingerprint density at radius 3 is 1.33 bits per heavy atom. The molecule has 0 spiro atoms. The van der Waals surface area contributed by atoms with Gasteiger partial charge in [-0.1, -0.05) is 173 Å². The quantitative estimate of drug-likeness (QED) is 0.181. The van der Waals surface area contributed by atoms with Crippen molar-refractivity contribution in [2.24, 2.45) is 0 Å². The first kappa shape index (κ1) is 38.9. The summed E-state index contributed by atoms with van der Waals surface area (Å²) in [6, 6.07) is 60.4. The number of rotatable bonds is 6. The molecule has 0 bridgehead atoms. The number of para-hydroxylation sites is 2. The molecule has 0 aliphatic heterocycles. The Hall–Kier alpha value is -6.97. The van der Waals surface area contributed by atoms with Crippen LogP contribution in [0.25, 0.3) is 99.5 Å². The standard InChI is InChI=1S/C54H29B7N2/c55-46-42(47(56)51(60)53-44(46)45-48(57)49(58)50(59)52(61)54(45)63(53)39-25-13-11-22-35(39)31-17-6-2-7-18-31)33-27-28-40-37(29-33)43-36(32-19-8-3-9-20-32)23-14-26-41(43)62(40)38-24-12-10-21-34(38)30-15-4-1-5-16-30/h1-29H. The van der Waals surface area contributed by atoms with Gasteiger partial charge in [-0.15, -0.1) is 10.9 Å². The molecule has 0 amide bonds. The molecule has 9 aromatic carbocycles. The highest BCUT2D eigenvalue weighted by molar-refractivity contribution is 6.69. The van der Waals surface area contributed by atoms with Crippen LogP contribution in [0.4, 0.5) is 0 Å². The van der Waals surface area contributed by atoms with Crippen LogP contribution in [0, 0.1) is 0 Å².